The Hall–Kier alpha value is -1.31. The summed E-state index contributed by atoms with van der Waals surface area (Å²) in [5, 5.41) is 10.2. The number of hydrogen-bond donors (Lipinski definition) is 1. The topological polar surface area (TPSA) is 49.7 Å². The molecule has 1 aliphatic rings. The SMILES string of the molecule is O=C=NCc1cc2c(c(Cl)c1O)CCC2. The molecule has 15 heavy (non-hydrogen) atoms. The largest absolute Gasteiger partial charge is 0.506 e. The number of hydrogen-bond acceptors (Lipinski definition) is 3. The van der Waals surface area contributed by atoms with Gasteiger partial charge in [-0.3, -0.25) is 0 Å². The molecule has 0 saturated heterocycles. The van der Waals surface area contributed by atoms with Crippen molar-refractivity contribution in [1.82, 2.24) is 0 Å². The Labute approximate surface area is 92.4 Å². The lowest BCUT2D eigenvalue weighted by atomic mass is 10.1. The normalized spacial score (nSPS) is 13.4. The summed E-state index contributed by atoms with van der Waals surface area (Å²) in [6.07, 6.45) is 4.41. The van der Waals surface area contributed by atoms with E-state index in [1.165, 1.54) is 6.08 Å². The van der Waals surface area contributed by atoms with Crippen molar-refractivity contribution in [3.63, 3.8) is 0 Å². The minimum absolute atomic E-state index is 0.0521. The van der Waals surface area contributed by atoms with Crippen molar-refractivity contribution in [3.05, 3.63) is 27.8 Å². The van der Waals surface area contributed by atoms with E-state index in [4.69, 9.17) is 11.6 Å². The number of phenols is 1. The molecule has 0 heterocycles. The Kier molecular flexibility index (Phi) is 2.76. The Morgan fingerprint density at radius 1 is 1.53 bits per heavy atom. The van der Waals surface area contributed by atoms with Gasteiger partial charge in [-0.05, 0) is 36.5 Å². The molecule has 0 atom stereocenters. The van der Waals surface area contributed by atoms with E-state index >= 15 is 0 Å². The zero-order valence-electron chi connectivity index (χ0n) is 8.09. The van der Waals surface area contributed by atoms with Crippen molar-refractivity contribution in [2.45, 2.75) is 25.8 Å². The van der Waals surface area contributed by atoms with E-state index in [2.05, 4.69) is 4.99 Å². The van der Waals surface area contributed by atoms with Gasteiger partial charge in [0.1, 0.15) is 5.75 Å². The summed E-state index contributed by atoms with van der Waals surface area (Å²) >= 11 is 6.03. The van der Waals surface area contributed by atoms with Crippen LogP contribution in [0.3, 0.4) is 0 Å². The first-order chi connectivity index (χ1) is 7.24. The van der Waals surface area contributed by atoms with Crippen molar-refractivity contribution in [1.29, 1.82) is 0 Å². The summed E-state index contributed by atoms with van der Waals surface area (Å²) in [5.74, 6) is 0.0521. The first kappa shape index (κ1) is 10.2. The predicted octanol–water partition coefficient (Wildman–Crippen LogP) is 2.37. The van der Waals surface area contributed by atoms with E-state index in [0.29, 0.717) is 10.6 Å². The molecule has 0 saturated carbocycles. The maximum absolute atomic E-state index is 10.0. The third-order valence-corrected chi connectivity index (χ3v) is 3.11. The minimum Gasteiger partial charge on any atom is -0.506 e. The van der Waals surface area contributed by atoms with Crippen LogP contribution in [0.1, 0.15) is 23.1 Å². The van der Waals surface area contributed by atoms with Crippen LogP contribution < -0.4 is 0 Å². The number of aryl methyl sites for hydroxylation is 1. The third-order valence-electron chi connectivity index (χ3n) is 2.70. The molecule has 4 heteroatoms. The number of fused-ring (bicyclic) bond motifs is 1. The van der Waals surface area contributed by atoms with Crippen molar-refractivity contribution in [3.8, 4) is 5.75 Å². The quantitative estimate of drug-likeness (QED) is 0.618. The van der Waals surface area contributed by atoms with Crippen LogP contribution in [-0.4, -0.2) is 11.2 Å². The van der Waals surface area contributed by atoms with E-state index in [1.54, 1.807) is 0 Å². The van der Waals surface area contributed by atoms with Crippen LogP contribution in [0.4, 0.5) is 0 Å². The van der Waals surface area contributed by atoms with Crippen LogP contribution in [0.5, 0.6) is 5.75 Å². The molecule has 1 aliphatic carbocycles. The second-order valence-corrected chi connectivity index (χ2v) is 3.97. The molecule has 1 aromatic carbocycles. The molecule has 3 nitrogen and oxygen atoms in total. The minimum atomic E-state index is 0.0521. The van der Waals surface area contributed by atoms with Gasteiger partial charge >= 0.3 is 0 Å². The lowest BCUT2D eigenvalue weighted by Crippen LogP contribution is -1.91. The van der Waals surface area contributed by atoms with Gasteiger partial charge in [-0.1, -0.05) is 11.6 Å². The number of rotatable bonds is 2. The molecule has 0 unspecified atom stereocenters. The van der Waals surface area contributed by atoms with Gasteiger partial charge in [-0.25, -0.2) is 9.79 Å². The fraction of sp³-hybridized carbons (Fsp3) is 0.364. The summed E-state index contributed by atoms with van der Waals surface area (Å²) in [7, 11) is 0. The van der Waals surface area contributed by atoms with Gasteiger partial charge in [0.25, 0.3) is 0 Å². The zero-order valence-corrected chi connectivity index (χ0v) is 8.84. The van der Waals surface area contributed by atoms with Crippen LogP contribution in [-0.2, 0) is 24.2 Å². The van der Waals surface area contributed by atoms with Crippen molar-refractivity contribution in [2.24, 2.45) is 4.99 Å². The molecule has 78 valence electrons. The lowest BCUT2D eigenvalue weighted by Gasteiger charge is -2.08. The zero-order chi connectivity index (χ0) is 10.8. The third kappa shape index (κ3) is 1.76. The van der Waals surface area contributed by atoms with E-state index in [9.17, 15) is 9.90 Å². The summed E-state index contributed by atoms with van der Waals surface area (Å²) in [6, 6.07) is 1.88. The highest BCUT2D eigenvalue weighted by molar-refractivity contribution is 6.33. The van der Waals surface area contributed by atoms with Gasteiger partial charge in [-0.15, -0.1) is 0 Å². The van der Waals surface area contributed by atoms with Gasteiger partial charge < -0.3 is 5.11 Å². The maximum Gasteiger partial charge on any atom is 0.235 e. The first-order valence-electron chi connectivity index (χ1n) is 4.79. The number of halogens is 1. The fourth-order valence-corrected chi connectivity index (χ4v) is 2.31. The molecule has 0 amide bonds. The summed E-state index contributed by atoms with van der Waals surface area (Å²) in [5.41, 5.74) is 2.80. The van der Waals surface area contributed by atoms with Crippen molar-refractivity contribution < 1.29 is 9.90 Å². The molecule has 1 aromatic rings. The smallest absolute Gasteiger partial charge is 0.235 e. The van der Waals surface area contributed by atoms with Crippen LogP contribution in [0.15, 0.2) is 11.1 Å². The lowest BCUT2D eigenvalue weighted by molar-refractivity contribution is 0.468. The number of benzene rings is 1. The monoisotopic (exact) mass is 223 g/mol. The van der Waals surface area contributed by atoms with E-state index in [0.717, 1.165) is 30.4 Å². The number of aliphatic imine (C=N–C) groups is 1. The first-order valence-corrected chi connectivity index (χ1v) is 5.17. The number of nitrogens with zero attached hydrogens (tertiary/aromatic N) is 1. The van der Waals surface area contributed by atoms with Gasteiger partial charge in [0.05, 0.1) is 11.6 Å². The van der Waals surface area contributed by atoms with Crippen molar-refractivity contribution >= 4 is 17.7 Å². The second-order valence-electron chi connectivity index (χ2n) is 3.60. The van der Waals surface area contributed by atoms with E-state index < -0.39 is 0 Å². The summed E-state index contributed by atoms with van der Waals surface area (Å²) in [6.45, 7) is 0.141. The Morgan fingerprint density at radius 2 is 2.33 bits per heavy atom. The Balaban J connectivity index is 2.48. The van der Waals surface area contributed by atoms with Crippen LogP contribution in [0, 0.1) is 0 Å². The van der Waals surface area contributed by atoms with Gasteiger partial charge in [0.15, 0.2) is 0 Å². The summed E-state index contributed by atoms with van der Waals surface area (Å²) in [4.78, 5) is 13.4. The molecule has 0 fully saturated rings. The van der Waals surface area contributed by atoms with E-state index in [-0.39, 0.29) is 12.3 Å². The molecule has 0 spiro atoms. The molecule has 1 N–H and O–H groups in total. The average Bonchev–Trinajstić information content (AvgIpc) is 2.69. The Morgan fingerprint density at radius 3 is 3.07 bits per heavy atom. The fourth-order valence-electron chi connectivity index (χ4n) is 1.98. The number of phenolic OH excluding ortho intramolecular Hbond substituents is 1. The van der Waals surface area contributed by atoms with Crippen LogP contribution in [0.25, 0.3) is 0 Å². The molecule has 0 bridgehead atoms. The average molecular weight is 224 g/mol. The number of isocyanates is 1. The molecule has 0 aromatic heterocycles. The Bertz CT molecular complexity index is 450. The van der Waals surface area contributed by atoms with Crippen molar-refractivity contribution in [2.75, 3.05) is 0 Å². The number of carbonyl (C=O) groups excluding carboxylic acids is 1. The predicted molar refractivity (Wildman–Crippen MR) is 57.0 cm³/mol. The molecular formula is C11H10ClNO2. The summed E-state index contributed by atoms with van der Waals surface area (Å²) < 4.78 is 0. The van der Waals surface area contributed by atoms with Crippen LogP contribution in [0.2, 0.25) is 5.02 Å². The van der Waals surface area contributed by atoms with E-state index in [1.807, 2.05) is 6.07 Å². The van der Waals surface area contributed by atoms with Gasteiger partial charge in [0.2, 0.25) is 6.08 Å². The highest BCUT2D eigenvalue weighted by Crippen LogP contribution is 2.38. The van der Waals surface area contributed by atoms with Gasteiger partial charge in [-0.2, -0.15) is 0 Å². The maximum atomic E-state index is 10.0. The second kappa shape index (κ2) is 4.05. The van der Waals surface area contributed by atoms with Gasteiger partial charge in [0, 0.05) is 5.56 Å². The molecule has 0 aliphatic heterocycles. The molecule has 2 rings (SSSR count). The standard InChI is InChI=1S/C11H10ClNO2/c12-10-9-3-1-2-7(9)4-8(11(10)15)5-13-6-14/h4,15H,1-3,5H2. The highest BCUT2D eigenvalue weighted by Gasteiger charge is 2.19. The molecular weight excluding hydrogens is 214 g/mol. The number of aromatic hydroxyl groups is 1. The van der Waals surface area contributed by atoms with Crippen LogP contribution >= 0.6 is 11.6 Å². The molecule has 0 radical (unpaired) electrons. The highest BCUT2D eigenvalue weighted by atomic mass is 35.5.